The lowest BCUT2D eigenvalue weighted by atomic mass is 9.55. The predicted molar refractivity (Wildman–Crippen MR) is 78.1 cm³/mol. The molecule has 5 rings (SSSR count). The standard InChI is InChI=1S/C15H18ClN3O2/c1-21-14(20)15-4-9-2-10(5-15)19(11(3-9)6-15)13-8-17-12(16)7-18-13/h7-11H,2-6H2,1H3. The van der Waals surface area contributed by atoms with Crippen molar-refractivity contribution >= 4 is 23.4 Å². The molecule has 2 aliphatic heterocycles. The molecule has 4 bridgehead atoms. The maximum absolute atomic E-state index is 12.3. The average Bonchev–Trinajstić information content (AvgIpc) is 2.47. The molecular formula is C15H18ClN3O2. The molecule has 5 nitrogen and oxygen atoms in total. The molecule has 112 valence electrons. The van der Waals surface area contributed by atoms with E-state index in [1.54, 1.807) is 12.4 Å². The number of carbonyl (C=O) groups is 1. The minimum Gasteiger partial charge on any atom is -0.469 e. The van der Waals surface area contributed by atoms with E-state index >= 15 is 0 Å². The number of hydrogen-bond donors (Lipinski definition) is 0. The topological polar surface area (TPSA) is 55.3 Å². The zero-order chi connectivity index (χ0) is 14.6. The Morgan fingerprint density at radius 3 is 2.57 bits per heavy atom. The summed E-state index contributed by atoms with van der Waals surface area (Å²) < 4.78 is 5.09. The summed E-state index contributed by atoms with van der Waals surface area (Å²) >= 11 is 5.83. The van der Waals surface area contributed by atoms with Crippen LogP contribution in [0.3, 0.4) is 0 Å². The van der Waals surface area contributed by atoms with Crippen LogP contribution in [0.4, 0.5) is 5.82 Å². The molecule has 21 heavy (non-hydrogen) atoms. The van der Waals surface area contributed by atoms with E-state index in [0.717, 1.165) is 37.9 Å². The van der Waals surface area contributed by atoms with Crippen LogP contribution in [0.5, 0.6) is 0 Å². The van der Waals surface area contributed by atoms with Gasteiger partial charge >= 0.3 is 5.97 Å². The van der Waals surface area contributed by atoms with Gasteiger partial charge in [0.15, 0.2) is 0 Å². The van der Waals surface area contributed by atoms with Crippen molar-refractivity contribution in [2.75, 3.05) is 12.0 Å². The number of ether oxygens (including phenoxy) is 1. The van der Waals surface area contributed by atoms with Crippen LogP contribution in [-0.4, -0.2) is 35.1 Å². The zero-order valence-corrected chi connectivity index (χ0v) is 12.7. The van der Waals surface area contributed by atoms with E-state index in [1.807, 2.05) is 0 Å². The zero-order valence-electron chi connectivity index (χ0n) is 12.0. The summed E-state index contributed by atoms with van der Waals surface area (Å²) in [6.45, 7) is 0. The number of rotatable bonds is 2. The Hall–Kier alpha value is -1.36. The van der Waals surface area contributed by atoms with Gasteiger partial charge in [-0.25, -0.2) is 9.97 Å². The van der Waals surface area contributed by atoms with Crippen LogP contribution in [-0.2, 0) is 9.53 Å². The number of carbonyl (C=O) groups excluding carboxylic acids is 1. The minimum absolute atomic E-state index is 0.0243. The van der Waals surface area contributed by atoms with Gasteiger partial charge in [-0.05, 0) is 38.0 Å². The third kappa shape index (κ3) is 1.94. The summed E-state index contributed by atoms with van der Waals surface area (Å²) in [5.41, 5.74) is -0.262. The van der Waals surface area contributed by atoms with Gasteiger partial charge in [0, 0.05) is 12.1 Å². The first kappa shape index (κ1) is 13.3. The number of piperidine rings is 2. The number of nitrogens with zero attached hydrogens (tertiary/aromatic N) is 3. The quantitative estimate of drug-likeness (QED) is 0.786. The Labute approximate surface area is 128 Å². The van der Waals surface area contributed by atoms with E-state index in [0.29, 0.717) is 23.2 Å². The molecular weight excluding hydrogens is 290 g/mol. The summed E-state index contributed by atoms with van der Waals surface area (Å²) in [5.74, 6) is 1.50. The molecule has 4 aliphatic rings. The van der Waals surface area contributed by atoms with Crippen molar-refractivity contribution in [3.8, 4) is 0 Å². The van der Waals surface area contributed by atoms with Crippen molar-refractivity contribution in [1.82, 2.24) is 9.97 Å². The van der Waals surface area contributed by atoms with Gasteiger partial charge in [0.2, 0.25) is 0 Å². The Morgan fingerprint density at radius 1 is 1.29 bits per heavy atom. The second-order valence-electron chi connectivity index (χ2n) is 6.63. The molecule has 2 saturated heterocycles. The van der Waals surface area contributed by atoms with Crippen molar-refractivity contribution in [3.05, 3.63) is 17.5 Å². The first-order chi connectivity index (χ1) is 10.1. The average molecular weight is 308 g/mol. The molecule has 1 aromatic rings. The van der Waals surface area contributed by atoms with E-state index < -0.39 is 0 Å². The molecule has 6 heteroatoms. The van der Waals surface area contributed by atoms with Gasteiger partial charge in [0.1, 0.15) is 11.0 Å². The lowest BCUT2D eigenvalue weighted by molar-refractivity contribution is -0.162. The molecule has 0 radical (unpaired) electrons. The number of methoxy groups -OCH3 is 1. The van der Waals surface area contributed by atoms with Crippen molar-refractivity contribution < 1.29 is 9.53 Å². The number of hydrogen-bond acceptors (Lipinski definition) is 5. The Morgan fingerprint density at radius 2 is 2.00 bits per heavy atom. The molecule has 3 heterocycles. The molecule has 1 aromatic heterocycles. The van der Waals surface area contributed by atoms with E-state index in [4.69, 9.17) is 16.3 Å². The maximum atomic E-state index is 12.3. The maximum Gasteiger partial charge on any atom is 0.311 e. The minimum atomic E-state index is -0.262. The van der Waals surface area contributed by atoms with Crippen molar-refractivity contribution in [2.45, 2.75) is 44.2 Å². The summed E-state index contributed by atoms with van der Waals surface area (Å²) in [7, 11) is 1.50. The lowest BCUT2D eigenvalue weighted by Gasteiger charge is -2.60. The molecule has 2 aliphatic carbocycles. The number of esters is 1. The van der Waals surface area contributed by atoms with Crippen molar-refractivity contribution in [2.24, 2.45) is 11.3 Å². The molecule has 2 atom stereocenters. The van der Waals surface area contributed by atoms with E-state index in [-0.39, 0.29) is 11.4 Å². The summed E-state index contributed by atoms with van der Waals surface area (Å²) in [6.07, 6.45) is 8.35. The fourth-order valence-corrected chi connectivity index (χ4v) is 5.00. The Bertz CT molecular complexity index is 561. The van der Waals surface area contributed by atoms with E-state index in [9.17, 15) is 4.79 Å². The lowest BCUT2D eigenvalue weighted by Crippen LogP contribution is -2.64. The monoisotopic (exact) mass is 307 g/mol. The van der Waals surface area contributed by atoms with Crippen LogP contribution < -0.4 is 4.90 Å². The molecule has 0 N–H and O–H groups in total. The van der Waals surface area contributed by atoms with Gasteiger partial charge in [-0.15, -0.1) is 0 Å². The van der Waals surface area contributed by atoms with Gasteiger partial charge < -0.3 is 9.64 Å². The molecule has 2 saturated carbocycles. The van der Waals surface area contributed by atoms with Gasteiger partial charge in [0.05, 0.1) is 24.9 Å². The fourth-order valence-electron chi connectivity index (χ4n) is 4.91. The van der Waals surface area contributed by atoms with Crippen molar-refractivity contribution in [1.29, 1.82) is 0 Å². The first-order valence-electron chi connectivity index (χ1n) is 7.45. The van der Waals surface area contributed by atoms with Gasteiger partial charge in [-0.2, -0.15) is 0 Å². The van der Waals surface area contributed by atoms with Crippen LogP contribution in [0.25, 0.3) is 0 Å². The molecule has 2 unspecified atom stereocenters. The van der Waals surface area contributed by atoms with Gasteiger partial charge in [0.25, 0.3) is 0 Å². The van der Waals surface area contributed by atoms with E-state index in [2.05, 4.69) is 14.9 Å². The summed E-state index contributed by atoms with van der Waals surface area (Å²) in [5, 5.41) is 0.412. The highest BCUT2D eigenvalue weighted by Crippen LogP contribution is 2.57. The normalized spacial score (nSPS) is 36.9. The third-order valence-electron chi connectivity index (χ3n) is 5.42. The van der Waals surface area contributed by atoms with Crippen LogP contribution in [0.2, 0.25) is 5.15 Å². The first-order valence-corrected chi connectivity index (χ1v) is 7.83. The van der Waals surface area contributed by atoms with Crippen molar-refractivity contribution in [3.63, 3.8) is 0 Å². The second kappa shape index (κ2) is 4.57. The van der Waals surface area contributed by atoms with E-state index in [1.165, 1.54) is 7.11 Å². The molecule has 0 aromatic carbocycles. The highest BCUT2D eigenvalue weighted by molar-refractivity contribution is 6.29. The summed E-state index contributed by atoms with van der Waals surface area (Å²) in [6, 6.07) is 0.733. The molecule has 4 fully saturated rings. The fraction of sp³-hybridized carbons (Fsp3) is 0.667. The SMILES string of the molecule is COC(=O)C12CC3CC(C1)N(c1cnc(Cl)cn1)C(C3)C2. The Balaban J connectivity index is 1.67. The number of halogens is 1. The molecule has 0 spiro atoms. The Kier molecular flexibility index (Phi) is 2.89. The third-order valence-corrected chi connectivity index (χ3v) is 5.61. The predicted octanol–water partition coefficient (Wildman–Crippen LogP) is 2.44. The van der Waals surface area contributed by atoms with Crippen LogP contribution in [0.15, 0.2) is 12.4 Å². The highest BCUT2D eigenvalue weighted by atomic mass is 35.5. The number of aromatic nitrogens is 2. The van der Waals surface area contributed by atoms with Gasteiger partial charge in [-0.3, -0.25) is 4.79 Å². The smallest absolute Gasteiger partial charge is 0.311 e. The second-order valence-corrected chi connectivity index (χ2v) is 7.02. The highest BCUT2D eigenvalue weighted by Gasteiger charge is 2.58. The largest absolute Gasteiger partial charge is 0.469 e. The van der Waals surface area contributed by atoms with Gasteiger partial charge in [-0.1, -0.05) is 11.6 Å². The van der Waals surface area contributed by atoms with Crippen LogP contribution >= 0.6 is 11.6 Å². The molecule has 0 amide bonds. The number of anilines is 1. The van der Waals surface area contributed by atoms with Crippen LogP contribution in [0, 0.1) is 11.3 Å². The summed E-state index contributed by atoms with van der Waals surface area (Å²) in [4.78, 5) is 23.2. The van der Waals surface area contributed by atoms with Crippen LogP contribution in [0.1, 0.15) is 32.1 Å².